The third kappa shape index (κ3) is 4.10. The van der Waals surface area contributed by atoms with Gasteiger partial charge in [-0.2, -0.15) is 0 Å². The van der Waals surface area contributed by atoms with E-state index >= 15 is 0 Å². The smallest absolute Gasteiger partial charge is 0.132 e. The highest BCUT2D eigenvalue weighted by molar-refractivity contribution is 5.98. The fourth-order valence-electron chi connectivity index (χ4n) is 3.45. The van der Waals surface area contributed by atoms with Crippen LogP contribution in [0.2, 0.25) is 0 Å². The summed E-state index contributed by atoms with van der Waals surface area (Å²) in [5.41, 5.74) is 5.84. The summed E-state index contributed by atoms with van der Waals surface area (Å²) in [7, 11) is 6.53. The summed E-state index contributed by atoms with van der Waals surface area (Å²) in [6.45, 7) is 0. The molecule has 0 aliphatic rings. The minimum absolute atomic E-state index is 0. The van der Waals surface area contributed by atoms with Crippen LogP contribution in [0.4, 0.5) is 10.1 Å². The van der Waals surface area contributed by atoms with Crippen LogP contribution in [-0.2, 0) is 0 Å². The largest absolute Gasteiger partial charge is 1.00 e. The van der Waals surface area contributed by atoms with Crippen LogP contribution in [0.3, 0.4) is 0 Å². The number of nitrogens with zero attached hydrogens (tertiary/aromatic N) is 1. The van der Waals surface area contributed by atoms with Crippen molar-refractivity contribution >= 4 is 16.5 Å². The lowest BCUT2D eigenvalue weighted by atomic mass is 9.95. The molecular formula is C25H23FIN. The fraction of sp³-hybridized carbons (Fsp3) is 0.120. The van der Waals surface area contributed by atoms with Crippen LogP contribution in [0.1, 0.15) is 0 Å². The minimum Gasteiger partial charge on any atom is -1.00 e. The van der Waals surface area contributed by atoms with Crippen LogP contribution in [0.5, 0.6) is 0 Å². The number of fused-ring (bicyclic) bond motifs is 1. The topological polar surface area (TPSA) is 0 Å². The van der Waals surface area contributed by atoms with Gasteiger partial charge in [-0.05, 0) is 57.3 Å². The first kappa shape index (κ1) is 20.5. The van der Waals surface area contributed by atoms with E-state index in [2.05, 4.69) is 81.8 Å². The Morgan fingerprint density at radius 2 is 1.29 bits per heavy atom. The normalized spacial score (nSPS) is 11.3. The molecule has 0 aromatic heterocycles. The van der Waals surface area contributed by atoms with Crippen molar-refractivity contribution in [2.75, 3.05) is 21.1 Å². The quantitative estimate of drug-likeness (QED) is 0.309. The average molecular weight is 483 g/mol. The minimum atomic E-state index is -0.210. The lowest BCUT2D eigenvalue weighted by Gasteiger charge is -2.23. The van der Waals surface area contributed by atoms with Gasteiger partial charge in [-0.1, -0.05) is 54.6 Å². The van der Waals surface area contributed by atoms with E-state index in [0.29, 0.717) is 0 Å². The highest BCUT2D eigenvalue weighted by atomic mass is 127. The van der Waals surface area contributed by atoms with Gasteiger partial charge in [-0.25, -0.2) is 4.39 Å². The van der Waals surface area contributed by atoms with Crippen molar-refractivity contribution in [3.8, 4) is 22.3 Å². The fourth-order valence-corrected chi connectivity index (χ4v) is 3.45. The van der Waals surface area contributed by atoms with Gasteiger partial charge in [0.1, 0.15) is 11.5 Å². The van der Waals surface area contributed by atoms with Gasteiger partial charge in [0.05, 0.1) is 21.1 Å². The Bertz CT molecular complexity index is 1110. The monoisotopic (exact) mass is 483 g/mol. The summed E-state index contributed by atoms with van der Waals surface area (Å²) in [6.07, 6.45) is 0. The van der Waals surface area contributed by atoms with Crippen molar-refractivity contribution in [1.29, 1.82) is 0 Å². The van der Waals surface area contributed by atoms with Crippen molar-refractivity contribution in [3.05, 3.63) is 90.7 Å². The van der Waals surface area contributed by atoms with Gasteiger partial charge in [0.2, 0.25) is 0 Å². The summed E-state index contributed by atoms with van der Waals surface area (Å²) in [5, 5.41) is 2.36. The highest BCUT2D eigenvalue weighted by Crippen LogP contribution is 2.33. The molecule has 0 radical (unpaired) electrons. The lowest BCUT2D eigenvalue weighted by Crippen LogP contribution is -3.00. The standard InChI is InChI=1S/C25H23FN.HI/c1-27(2,3)23-8-4-6-19(17-23)20-12-15-25-21(16-20)7-5-9-24(25)18-10-13-22(26)14-11-18;/h4-17H,1-3H3;1H/q+1;/p-1. The molecule has 0 aliphatic heterocycles. The molecule has 0 saturated carbocycles. The lowest BCUT2D eigenvalue weighted by molar-refractivity contribution is -0.00000610. The van der Waals surface area contributed by atoms with Crippen LogP contribution in [-0.4, -0.2) is 21.1 Å². The Kier molecular flexibility index (Phi) is 5.87. The van der Waals surface area contributed by atoms with E-state index in [0.717, 1.165) is 15.6 Å². The Morgan fingerprint density at radius 1 is 0.643 bits per heavy atom. The summed E-state index contributed by atoms with van der Waals surface area (Å²) in [4.78, 5) is 0. The molecule has 0 atom stereocenters. The zero-order chi connectivity index (χ0) is 19.0. The maximum absolute atomic E-state index is 13.3. The summed E-state index contributed by atoms with van der Waals surface area (Å²) < 4.78 is 14.1. The van der Waals surface area contributed by atoms with Crippen LogP contribution < -0.4 is 28.5 Å². The molecule has 0 saturated heterocycles. The maximum Gasteiger partial charge on any atom is 0.132 e. The third-order valence-corrected chi connectivity index (χ3v) is 4.99. The molecule has 4 rings (SSSR count). The molecule has 1 nitrogen and oxygen atoms in total. The van der Waals surface area contributed by atoms with E-state index in [1.54, 1.807) is 0 Å². The second-order valence-corrected chi connectivity index (χ2v) is 7.81. The number of hydrogen-bond acceptors (Lipinski definition) is 0. The molecule has 0 spiro atoms. The van der Waals surface area contributed by atoms with Crippen LogP contribution in [0.15, 0.2) is 84.9 Å². The molecule has 142 valence electrons. The van der Waals surface area contributed by atoms with Crippen LogP contribution in [0.25, 0.3) is 33.0 Å². The van der Waals surface area contributed by atoms with Crippen molar-refractivity contribution in [2.45, 2.75) is 0 Å². The summed E-state index contributed by atoms with van der Waals surface area (Å²) in [5.74, 6) is -0.210. The first-order valence-electron chi connectivity index (χ1n) is 9.13. The van der Waals surface area contributed by atoms with Crippen molar-refractivity contribution in [1.82, 2.24) is 4.48 Å². The molecule has 0 amide bonds. The molecule has 0 bridgehead atoms. The molecule has 4 aromatic rings. The Hall–Kier alpha value is -2.24. The van der Waals surface area contributed by atoms with Gasteiger partial charge in [0, 0.05) is 6.07 Å². The molecule has 0 fully saturated rings. The zero-order valence-electron chi connectivity index (χ0n) is 16.3. The van der Waals surface area contributed by atoms with Gasteiger partial charge < -0.3 is 24.0 Å². The van der Waals surface area contributed by atoms with E-state index < -0.39 is 0 Å². The maximum atomic E-state index is 13.3. The van der Waals surface area contributed by atoms with Crippen LogP contribution >= 0.6 is 0 Å². The number of benzene rings is 4. The number of halogens is 2. The van der Waals surface area contributed by atoms with Crippen molar-refractivity contribution < 1.29 is 28.4 Å². The Labute approximate surface area is 183 Å². The number of hydrogen-bond donors (Lipinski definition) is 0. The molecule has 28 heavy (non-hydrogen) atoms. The third-order valence-electron chi connectivity index (χ3n) is 4.99. The first-order valence-corrected chi connectivity index (χ1v) is 9.13. The predicted octanol–water partition coefficient (Wildman–Crippen LogP) is 3.51. The van der Waals surface area contributed by atoms with E-state index in [1.807, 2.05) is 12.1 Å². The summed E-state index contributed by atoms with van der Waals surface area (Å²) in [6, 6.07) is 28.3. The molecule has 4 aromatic carbocycles. The van der Waals surface area contributed by atoms with Gasteiger partial charge >= 0.3 is 0 Å². The summed E-state index contributed by atoms with van der Waals surface area (Å²) >= 11 is 0. The van der Waals surface area contributed by atoms with E-state index in [4.69, 9.17) is 0 Å². The molecular weight excluding hydrogens is 460 g/mol. The average Bonchev–Trinajstić information content (AvgIpc) is 2.67. The second kappa shape index (κ2) is 8.02. The van der Waals surface area contributed by atoms with Gasteiger partial charge in [-0.15, -0.1) is 0 Å². The van der Waals surface area contributed by atoms with E-state index in [9.17, 15) is 4.39 Å². The van der Waals surface area contributed by atoms with Crippen LogP contribution in [0, 0.1) is 5.82 Å². The first-order chi connectivity index (χ1) is 12.9. The Balaban J connectivity index is 0.00000225. The van der Waals surface area contributed by atoms with E-state index in [1.165, 1.54) is 39.7 Å². The number of rotatable bonds is 3. The Morgan fingerprint density at radius 3 is 2.00 bits per heavy atom. The molecule has 0 aliphatic carbocycles. The van der Waals surface area contributed by atoms with Crippen molar-refractivity contribution in [3.63, 3.8) is 0 Å². The van der Waals surface area contributed by atoms with Gasteiger partial charge in [0.15, 0.2) is 0 Å². The predicted molar refractivity (Wildman–Crippen MR) is 114 cm³/mol. The van der Waals surface area contributed by atoms with Gasteiger partial charge in [-0.3, -0.25) is 4.48 Å². The highest BCUT2D eigenvalue weighted by Gasteiger charge is 2.13. The molecule has 0 heterocycles. The molecule has 0 N–H and O–H groups in total. The van der Waals surface area contributed by atoms with E-state index in [-0.39, 0.29) is 29.8 Å². The zero-order valence-corrected chi connectivity index (χ0v) is 18.4. The second-order valence-electron chi connectivity index (χ2n) is 7.81. The molecule has 0 unspecified atom stereocenters. The number of quaternary nitrogens is 1. The van der Waals surface area contributed by atoms with Gasteiger partial charge in [0.25, 0.3) is 0 Å². The molecule has 3 heteroatoms. The van der Waals surface area contributed by atoms with Crippen molar-refractivity contribution in [2.24, 2.45) is 0 Å². The SMILES string of the molecule is C[N+](C)(C)c1cccc(-c2ccc3c(-c4ccc(F)cc4)cccc3c2)c1.[I-].